The van der Waals surface area contributed by atoms with Crippen LogP contribution in [0.3, 0.4) is 0 Å². The number of halogens is 5. The van der Waals surface area contributed by atoms with Crippen LogP contribution in [0.25, 0.3) is 0 Å². The average molecular weight is 670 g/mol. The molecule has 1 fully saturated rings. The largest absolute Gasteiger partial charge is 0.461 e. The van der Waals surface area contributed by atoms with E-state index in [0.717, 1.165) is 28.4 Å². The van der Waals surface area contributed by atoms with Gasteiger partial charge in [-0.05, 0) is 91.3 Å². The van der Waals surface area contributed by atoms with Gasteiger partial charge in [0.05, 0.1) is 5.69 Å². The molecule has 1 aliphatic rings. The van der Waals surface area contributed by atoms with E-state index in [1.165, 1.54) is 18.2 Å². The topological polar surface area (TPSA) is 66.5 Å². The molecule has 11 heteroatoms. The van der Waals surface area contributed by atoms with Crippen LogP contribution in [0.2, 0.25) is 0 Å². The Balaban J connectivity index is 1.80. The van der Waals surface area contributed by atoms with Crippen molar-refractivity contribution in [2.45, 2.75) is 55.8 Å². The molecule has 0 saturated heterocycles. The van der Waals surface area contributed by atoms with E-state index in [9.17, 15) is 22.4 Å². The molecule has 1 aliphatic carbocycles. The normalized spacial score (nSPS) is 18.9. The quantitative estimate of drug-likeness (QED) is 0.200. The Bertz CT molecular complexity index is 1280. The lowest BCUT2D eigenvalue weighted by Crippen LogP contribution is -2.56. The van der Waals surface area contributed by atoms with Crippen LogP contribution < -0.4 is 15.4 Å². The fourth-order valence-corrected chi connectivity index (χ4v) is 5.52. The number of urea groups is 1. The van der Waals surface area contributed by atoms with Crippen molar-refractivity contribution >= 4 is 28.6 Å². The number of carbonyl (C=O) groups is 1. The Morgan fingerprint density at radius 2 is 1.85 bits per heavy atom. The molecule has 6 nitrogen and oxygen atoms in total. The second-order valence-corrected chi connectivity index (χ2v) is 11.3. The summed E-state index contributed by atoms with van der Waals surface area (Å²) in [7, 11) is 3.94. The second-order valence-electron chi connectivity index (χ2n) is 10.1. The molecule has 2 amide bonds. The Morgan fingerprint density at radius 1 is 1.10 bits per heavy atom. The molecule has 0 aliphatic heterocycles. The lowest BCUT2D eigenvalue weighted by molar-refractivity contribution is -0.253. The van der Waals surface area contributed by atoms with Gasteiger partial charge in [-0.1, -0.05) is 42.5 Å². The number of likely N-dealkylation sites (N-methyl/N-ethyl adjacent to an activating group) is 1. The Kier molecular flexibility index (Phi) is 9.55. The maximum atomic E-state index is 13.8. The van der Waals surface area contributed by atoms with Crippen molar-refractivity contribution in [3.05, 3.63) is 93.3 Å². The fraction of sp³-hybridized carbons (Fsp3) is 0.379. The molecule has 3 atom stereocenters. The minimum atomic E-state index is -4.68. The van der Waals surface area contributed by atoms with Gasteiger partial charge >= 0.3 is 18.6 Å². The van der Waals surface area contributed by atoms with Crippen molar-refractivity contribution in [3.63, 3.8) is 0 Å². The molecule has 0 bridgehead atoms. The third kappa shape index (κ3) is 7.03. The molecule has 0 radical (unpaired) electrons. The van der Waals surface area contributed by atoms with Gasteiger partial charge in [-0.15, -0.1) is 0 Å². The first-order valence-electron chi connectivity index (χ1n) is 12.9. The van der Waals surface area contributed by atoms with Crippen LogP contribution in [0.4, 0.5) is 22.4 Å². The third-order valence-electron chi connectivity index (χ3n) is 7.10. The number of pyridine rings is 1. The van der Waals surface area contributed by atoms with Crippen molar-refractivity contribution in [1.29, 1.82) is 0 Å². The second kappa shape index (κ2) is 12.7. The summed E-state index contributed by atoms with van der Waals surface area (Å²) in [4.78, 5) is 20.4. The van der Waals surface area contributed by atoms with E-state index in [1.54, 1.807) is 18.3 Å². The summed E-state index contributed by atoms with van der Waals surface area (Å²) in [5.41, 5.74) is 0.264. The third-order valence-corrected chi connectivity index (χ3v) is 7.74. The lowest BCUT2D eigenvalue weighted by atomic mass is 9.80. The molecule has 0 spiro atoms. The Morgan fingerprint density at radius 3 is 2.50 bits per heavy atom. The van der Waals surface area contributed by atoms with Gasteiger partial charge in [-0.2, -0.15) is 17.6 Å². The number of aromatic nitrogens is 1. The highest BCUT2D eigenvalue weighted by molar-refractivity contribution is 14.1. The summed E-state index contributed by atoms with van der Waals surface area (Å²) >= 11 is 2.11. The van der Waals surface area contributed by atoms with Crippen molar-refractivity contribution in [1.82, 2.24) is 20.5 Å². The molecule has 1 saturated carbocycles. The van der Waals surface area contributed by atoms with Crippen LogP contribution in [0.15, 0.2) is 72.9 Å². The van der Waals surface area contributed by atoms with Crippen LogP contribution in [0.1, 0.15) is 36.1 Å². The Labute approximate surface area is 244 Å². The smallest absolute Gasteiger partial charge is 0.428 e. The van der Waals surface area contributed by atoms with Crippen molar-refractivity contribution in [2.24, 2.45) is 0 Å². The van der Waals surface area contributed by atoms with E-state index < -0.39 is 29.9 Å². The number of amides is 2. The number of alkyl halides is 4. The van der Waals surface area contributed by atoms with E-state index in [1.807, 2.05) is 50.5 Å². The zero-order valence-corrected chi connectivity index (χ0v) is 24.2. The molecule has 1 heterocycles. The number of carbonyl (C=O) groups excluding carboxylic acids is 1. The van der Waals surface area contributed by atoms with Gasteiger partial charge in [0, 0.05) is 28.3 Å². The molecule has 40 heavy (non-hydrogen) atoms. The minimum absolute atomic E-state index is 0.0893. The van der Waals surface area contributed by atoms with E-state index in [2.05, 4.69) is 47.8 Å². The first-order valence-corrected chi connectivity index (χ1v) is 13.9. The number of hydrogen-bond acceptors (Lipinski definition) is 4. The molecule has 214 valence electrons. The average Bonchev–Trinajstić information content (AvgIpc) is 3.37. The zero-order chi connectivity index (χ0) is 28.9. The van der Waals surface area contributed by atoms with E-state index in [4.69, 9.17) is 0 Å². The van der Waals surface area contributed by atoms with Crippen LogP contribution in [-0.2, 0) is 12.0 Å². The van der Waals surface area contributed by atoms with Gasteiger partial charge in [0.25, 0.3) is 0 Å². The van der Waals surface area contributed by atoms with Crippen LogP contribution >= 0.6 is 22.6 Å². The molecule has 3 aromatic rings. The summed E-state index contributed by atoms with van der Waals surface area (Å²) in [5, 5.41) is 6.20. The minimum Gasteiger partial charge on any atom is -0.428 e. The van der Waals surface area contributed by atoms with Gasteiger partial charge < -0.3 is 20.3 Å². The molecule has 2 N–H and O–H groups in total. The van der Waals surface area contributed by atoms with E-state index in [0.29, 0.717) is 11.3 Å². The van der Waals surface area contributed by atoms with E-state index in [-0.39, 0.29) is 18.5 Å². The summed E-state index contributed by atoms with van der Waals surface area (Å²) in [6.45, 7) is 0. The highest BCUT2D eigenvalue weighted by atomic mass is 127. The van der Waals surface area contributed by atoms with Crippen molar-refractivity contribution in [2.75, 3.05) is 14.1 Å². The van der Waals surface area contributed by atoms with E-state index >= 15 is 0 Å². The standard InChI is InChI=1S/C29H31F4IN4O2/c1-38(2)24-13-7-12-23(24)36-27(39)37-28(17-19-8-4-3-5-9-19,25-15-14-21(34)18-35-25)20-10-6-11-22(16-20)40-29(32,33)26(30)31/h3-6,8-11,14-16,18,23-24,26H,7,12-13,17H2,1-2H3,(H2,36,37,39)/t23-,24-,28-/m1/s1. The van der Waals surface area contributed by atoms with Crippen molar-refractivity contribution < 1.29 is 27.1 Å². The summed E-state index contributed by atoms with van der Waals surface area (Å²) < 4.78 is 58.8. The van der Waals surface area contributed by atoms with Crippen LogP contribution in [0, 0.1) is 3.57 Å². The van der Waals surface area contributed by atoms with Gasteiger partial charge in [0.15, 0.2) is 0 Å². The first kappa shape index (κ1) is 30.0. The van der Waals surface area contributed by atoms with Gasteiger partial charge in [0.1, 0.15) is 11.3 Å². The zero-order valence-electron chi connectivity index (χ0n) is 22.1. The molecular formula is C29H31F4IN4O2. The molecule has 4 rings (SSSR count). The molecule has 2 aromatic carbocycles. The highest BCUT2D eigenvalue weighted by Crippen LogP contribution is 2.36. The van der Waals surface area contributed by atoms with Crippen LogP contribution in [-0.4, -0.2) is 54.6 Å². The SMILES string of the molecule is CN(C)[C@@H]1CCC[C@H]1NC(=O)N[C@](Cc1ccccc1)(c1cccc(OC(F)(F)C(F)F)c1)c1ccc(I)cn1. The molecule has 1 aromatic heterocycles. The maximum absolute atomic E-state index is 13.8. The maximum Gasteiger partial charge on any atom is 0.461 e. The predicted molar refractivity (Wildman–Crippen MR) is 153 cm³/mol. The molecule has 0 unspecified atom stereocenters. The number of nitrogens with zero attached hydrogens (tertiary/aromatic N) is 2. The lowest BCUT2D eigenvalue weighted by Gasteiger charge is -2.37. The summed E-state index contributed by atoms with van der Waals surface area (Å²) in [5.74, 6) is -0.462. The van der Waals surface area contributed by atoms with Gasteiger partial charge in [0.2, 0.25) is 0 Å². The predicted octanol–water partition coefficient (Wildman–Crippen LogP) is 6.19. The number of ether oxygens (including phenoxy) is 1. The Hall–Kier alpha value is -2.93. The number of rotatable bonds is 10. The summed E-state index contributed by atoms with van der Waals surface area (Å²) in [6, 6.07) is 18.0. The number of benzene rings is 2. The number of hydrogen-bond donors (Lipinski definition) is 2. The van der Waals surface area contributed by atoms with Crippen molar-refractivity contribution in [3.8, 4) is 5.75 Å². The van der Waals surface area contributed by atoms with Gasteiger partial charge in [-0.3, -0.25) is 4.98 Å². The van der Waals surface area contributed by atoms with Crippen LogP contribution in [0.5, 0.6) is 5.75 Å². The first-order chi connectivity index (χ1) is 19.0. The fourth-order valence-electron chi connectivity index (χ4n) is 5.20. The monoisotopic (exact) mass is 670 g/mol. The highest BCUT2D eigenvalue weighted by Gasteiger charge is 2.45. The molecular weight excluding hydrogens is 639 g/mol. The number of nitrogens with one attached hydrogen (secondary N) is 2. The van der Waals surface area contributed by atoms with Gasteiger partial charge in [-0.25, -0.2) is 4.79 Å². The summed E-state index contributed by atoms with van der Waals surface area (Å²) in [6.07, 6.45) is -4.12.